The topological polar surface area (TPSA) is 32.3 Å². The van der Waals surface area contributed by atoms with Gasteiger partial charge >= 0.3 is 6.03 Å². The van der Waals surface area contributed by atoms with Gasteiger partial charge in [-0.3, -0.25) is 0 Å². The number of aryl methyl sites for hydroxylation is 1. The number of carbonyl (C=O) groups is 1. The van der Waals surface area contributed by atoms with Gasteiger partial charge in [0.2, 0.25) is 0 Å². The number of nitrogens with zero attached hydrogens (tertiary/aromatic N) is 1. The Morgan fingerprint density at radius 2 is 1.70 bits per heavy atom. The minimum atomic E-state index is -0.322. The average Bonchev–Trinajstić information content (AvgIpc) is 2.69. The lowest BCUT2D eigenvalue weighted by Crippen LogP contribution is -2.43. The monoisotopic (exact) mass is 360 g/mol. The van der Waals surface area contributed by atoms with Crippen LogP contribution in [0.15, 0.2) is 72.8 Å². The summed E-state index contributed by atoms with van der Waals surface area (Å²) in [4.78, 5) is 14.9. The molecule has 27 heavy (non-hydrogen) atoms. The van der Waals surface area contributed by atoms with Crippen LogP contribution in [-0.4, -0.2) is 17.5 Å². The molecular weight excluding hydrogens is 339 g/mol. The summed E-state index contributed by atoms with van der Waals surface area (Å²) < 4.78 is 13.1. The van der Waals surface area contributed by atoms with E-state index in [0.717, 1.165) is 17.5 Å². The predicted octanol–water partition coefficient (Wildman–Crippen LogP) is 5.31. The Morgan fingerprint density at radius 3 is 2.44 bits per heavy atom. The first-order chi connectivity index (χ1) is 13.1. The average molecular weight is 360 g/mol. The van der Waals surface area contributed by atoms with Crippen LogP contribution in [0.2, 0.25) is 0 Å². The van der Waals surface area contributed by atoms with Gasteiger partial charge in [-0.05, 0) is 54.3 Å². The molecule has 1 N–H and O–H groups in total. The second kappa shape index (κ2) is 7.23. The summed E-state index contributed by atoms with van der Waals surface area (Å²) in [5.74, 6) is -0.322. The van der Waals surface area contributed by atoms with E-state index in [0.29, 0.717) is 12.2 Å². The first-order valence-electron chi connectivity index (χ1n) is 9.09. The van der Waals surface area contributed by atoms with Crippen LogP contribution in [0.4, 0.5) is 14.9 Å². The van der Waals surface area contributed by atoms with Crippen LogP contribution in [-0.2, 0) is 6.42 Å². The molecule has 1 heterocycles. The van der Waals surface area contributed by atoms with Crippen LogP contribution >= 0.6 is 0 Å². The SMILES string of the molecule is Cc1ccc([C@@H]2c3ccccc3CCN2C(=O)Nc2ccc(F)cc2)cc1. The van der Waals surface area contributed by atoms with Crippen molar-refractivity contribution in [1.29, 1.82) is 0 Å². The number of halogens is 1. The van der Waals surface area contributed by atoms with Crippen molar-refractivity contribution in [2.75, 3.05) is 11.9 Å². The zero-order chi connectivity index (χ0) is 18.8. The molecule has 3 aromatic carbocycles. The van der Waals surface area contributed by atoms with E-state index in [1.165, 1.54) is 23.3 Å². The molecule has 0 aromatic heterocycles. The fraction of sp³-hybridized carbons (Fsp3) is 0.174. The first kappa shape index (κ1) is 17.3. The lowest BCUT2D eigenvalue weighted by molar-refractivity contribution is 0.194. The van der Waals surface area contributed by atoms with Crippen molar-refractivity contribution in [1.82, 2.24) is 4.90 Å². The molecule has 136 valence electrons. The highest BCUT2D eigenvalue weighted by atomic mass is 19.1. The fourth-order valence-electron chi connectivity index (χ4n) is 3.62. The summed E-state index contributed by atoms with van der Waals surface area (Å²) >= 11 is 0. The summed E-state index contributed by atoms with van der Waals surface area (Å²) in [6.45, 7) is 2.68. The number of urea groups is 1. The second-order valence-electron chi connectivity index (χ2n) is 6.89. The van der Waals surface area contributed by atoms with Crippen molar-refractivity contribution in [3.63, 3.8) is 0 Å². The van der Waals surface area contributed by atoms with Gasteiger partial charge in [-0.15, -0.1) is 0 Å². The van der Waals surface area contributed by atoms with E-state index in [4.69, 9.17) is 0 Å². The van der Waals surface area contributed by atoms with Crippen LogP contribution in [0.5, 0.6) is 0 Å². The lowest BCUT2D eigenvalue weighted by Gasteiger charge is -2.37. The highest BCUT2D eigenvalue weighted by molar-refractivity contribution is 5.90. The molecule has 1 aliphatic rings. The maximum absolute atomic E-state index is 13.1. The van der Waals surface area contributed by atoms with Crippen molar-refractivity contribution in [3.8, 4) is 0 Å². The number of nitrogens with one attached hydrogen (secondary N) is 1. The van der Waals surface area contributed by atoms with Gasteiger partial charge in [0.25, 0.3) is 0 Å². The molecule has 1 atom stereocenters. The molecule has 3 nitrogen and oxygen atoms in total. The fourth-order valence-corrected chi connectivity index (χ4v) is 3.62. The second-order valence-corrected chi connectivity index (χ2v) is 6.89. The number of anilines is 1. The van der Waals surface area contributed by atoms with Crippen molar-refractivity contribution in [2.24, 2.45) is 0 Å². The van der Waals surface area contributed by atoms with E-state index in [1.54, 1.807) is 12.1 Å². The number of fused-ring (bicyclic) bond motifs is 1. The number of benzene rings is 3. The van der Waals surface area contributed by atoms with Gasteiger partial charge in [0, 0.05) is 12.2 Å². The minimum absolute atomic E-state index is 0.143. The molecule has 0 bridgehead atoms. The molecular formula is C23H21FN2O. The van der Waals surface area contributed by atoms with Gasteiger partial charge in [-0.25, -0.2) is 9.18 Å². The summed E-state index contributed by atoms with van der Waals surface area (Å²) in [5, 5.41) is 2.90. The van der Waals surface area contributed by atoms with Crippen molar-refractivity contribution >= 4 is 11.7 Å². The predicted molar refractivity (Wildman–Crippen MR) is 105 cm³/mol. The van der Waals surface area contributed by atoms with E-state index >= 15 is 0 Å². The third-order valence-corrected chi connectivity index (χ3v) is 5.03. The Hall–Kier alpha value is -3.14. The molecule has 0 fully saturated rings. The number of rotatable bonds is 2. The van der Waals surface area contributed by atoms with Crippen LogP contribution in [0, 0.1) is 12.7 Å². The molecule has 0 unspecified atom stereocenters. The van der Waals surface area contributed by atoms with E-state index < -0.39 is 0 Å². The molecule has 0 saturated carbocycles. The number of amides is 2. The van der Waals surface area contributed by atoms with Gasteiger partial charge in [-0.1, -0.05) is 54.1 Å². The molecule has 0 saturated heterocycles. The quantitative estimate of drug-likeness (QED) is 0.660. The number of hydrogen-bond donors (Lipinski definition) is 1. The Balaban J connectivity index is 1.68. The third kappa shape index (κ3) is 3.56. The maximum atomic E-state index is 13.1. The summed E-state index contributed by atoms with van der Waals surface area (Å²) in [6, 6.07) is 22.1. The van der Waals surface area contributed by atoms with Crippen LogP contribution < -0.4 is 5.32 Å². The zero-order valence-corrected chi connectivity index (χ0v) is 15.2. The van der Waals surface area contributed by atoms with Gasteiger partial charge in [-0.2, -0.15) is 0 Å². The Kier molecular flexibility index (Phi) is 4.63. The summed E-state index contributed by atoms with van der Waals surface area (Å²) in [6.07, 6.45) is 0.815. The normalized spacial score (nSPS) is 15.9. The van der Waals surface area contributed by atoms with E-state index in [2.05, 4.69) is 48.6 Å². The summed E-state index contributed by atoms with van der Waals surface area (Å²) in [5.41, 5.74) is 5.28. The van der Waals surface area contributed by atoms with Crippen LogP contribution in [0.3, 0.4) is 0 Å². The highest BCUT2D eigenvalue weighted by Gasteiger charge is 2.31. The van der Waals surface area contributed by atoms with Gasteiger partial charge < -0.3 is 10.2 Å². The number of hydrogen-bond acceptors (Lipinski definition) is 1. The molecule has 0 radical (unpaired) electrons. The molecule has 3 aromatic rings. The Labute approximate surface area is 158 Å². The standard InChI is InChI=1S/C23H21FN2O/c1-16-6-8-18(9-7-16)22-21-5-3-2-4-17(21)14-15-26(22)23(27)25-20-12-10-19(24)11-13-20/h2-13,22H,14-15H2,1H3,(H,25,27)/t22-/m1/s1. The Morgan fingerprint density at radius 1 is 1.00 bits per heavy atom. The lowest BCUT2D eigenvalue weighted by atomic mass is 9.88. The first-order valence-corrected chi connectivity index (χ1v) is 9.09. The van der Waals surface area contributed by atoms with Crippen LogP contribution in [0.25, 0.3) is 0 Å². The summed E-state index contributed by atoms with van der Waals surface area (Å²) in [7, 11) is 0. The van der Waals surface area contributed by atoms with Crippen LogP contribution in [0.1, 0.15) is 28.3 Å². The van der Waals surface area contributed by atoms with E-state index in [1.807, 2.05) is 17.0 Å². The molecule has 0 aliphatic carbocycles. The third-order valence-electron chi connectivity index (χ3n) is 5.03. The molecule has 4 rings (SSSR count). The molecule has 2 amide bonds. The van der Waals surface area contributed by atoms with E-state index in [9.17, 15) is 9.18 Å². The van der Waals surface area contributed by atoms with Crippen molar-refractivity contribution in [2.45, 2.75) is 19.4 Å². The minimum Gasteiger partial charge on any atom is -0.313 e. The molecule has 0 spiro atoms. The van der Waals surface area contributed by atoms with Crippen molar-refractivity contribution in [3.05, 3.63) is 101 Å². The zero-order valence-electron chi connectivity index (χ0n) is 15.2. The molecule has 1 aliphatic heterocycles. The van der Waals surface area contributed by atoms with Crippen molar-refractivity contribution < 1.29 is 9.18 Å². The van der Waals surface area contributed by atoms with Gasteiger partial charge in [0.1, 0.15) is 5.82 Å². The largest absolute Gasteiger partial charge is 0.322 e. The molecule has 4 heteroatoms. The smallest absolute Gasteiger partial charge is 0.313 e. The Bertz CT molecular complexity index is 951. The highest BCUT2D eigenvalue weighted by Crippen LogP contribution is 2.35. The number of carbonyl (C=O) groups excluding carboxylic acids is 1. The van der Waals surface area contributed by atoms with E-state index in [-0.39, 0.29) is 17.9 Å². The van der Waals surface area contributed by atoms with Gasteiger partial charge in [0.15, 0.2) is 0 Å². The van der Waals surface area contributed by atoms with Gasteiger partial charge in [0.05, 0.1) is 6.04 Å². The maximum Gasteiger partial charge on any atom is 0.322 e.